The Balaban J connectivity index is 1.64. The van der Waals surface area contributed by atoms with Crippen LogP contribution in [-0.2, 0) is 6.54 Å². The van der Waals surface area contributed by atoms with Gasteiger partial charge in [-0.3, -0.25) is 9.69 Å². The van der Waals surface area contributed by atoms with E-state index in [0.29, 0.717) is 17.1 Å². The molecule has 0 aliphatic carbocycles. The highest BCUT2D eigenvalue weighted by atomic mass is 16.5. The topological polar surface area (TPSA) is 50.8 Å². The molecule has 1 fully saturated rings. The molecule has 2 aromatic rings. The summed E-state index contributed by atoms with van der Waals surface area (Å²) in [7, 11) is 3.23. The van der Waals surface area contributed by atoms with Crippen LogP contribution in [0.3, 0.4) is 0 Å². The number of carbonyl (C=O) groups is 1. The number of ether oxygens (including phenoxy) is 2. The molecule has 5 nitrogen and oxygen atoms in total. The van der Waals surface area contributed by atoms with E-state index in [1.165, 1.54) is 37.9 Å². The average Bonchev–Trinajstić information content (AvgIpc) is 2.78. The highest BCUT2D eigenvalue weighted by Crippen LogP contribution is 2.31. The number of benzene rings is 2. The van der Waals surface area contributed by atoms with Crippen molar-refractivity contribution in [3.63, 3.8) is 0 Å². The van der Waals surface area contributed by atoms with Gasteiger partial charge in [0.1, 0.15) is 0 Å². The first-order valence-electron chi connectivity index (χ1n) is 10.5. The van der Waals surface area contributed by atoms with Gasteiger partial charge in [-0.05, 0) is 67.7 Å². The van der Waals surface area contributed by atoms with Crippen LogP contribution >= 0.6 is 0 Å². The quantitative estimate of drug-likeness (QED) is 0.710. The Kier molecular flexibility index (Phi) is 7.53. The van der Waals surface area contributed by atoms with Gasteiger partial charge in [-0.2, -0.15) is 0 Å². The number of carbonyl (C=O) groups excluding carboxylic acids is 1. The zero-order chi connectivity index (χ0) is 20.6. The van der Waals surface area contributed by atoms with E-state index < -0.39 is 0 Å². The molecule has 0 radical (unpaired) electrons. The first-order chi connectivity index (χ1) is 14.1. The maximum Gasteiger partial charge on any atom is 0.251 e. The molecular weight excluding hydrogens is 364 g/mol. The molecule has 5 heteroatoms. The largest absolute Gasteiger partial charge is 0.493 e. The molecule has 2 aromatic carbocycles. The van der Waals surface area contributed by atoms with E-state index >= 15 is 0 Å². The smallest absolute Gasteiger partial charge is 0.251 e. The third-order valence-electron chi connectivity index (χ3n) is 5.59. The van der Waals surface area contributed by atoms with Crippen LogP contribution in [0.2, 0.25) is 0 Å². The molecule has 1 N–H and O–H groups in total. The average molecular weight is 397 g/mol. The number of nitrogens with one attached hydrogen (secondary N) is 1. The number of rotatable bonds is 8. The highest BCUT2D eigenvalue weighted by molar-refractivity contribution is 5.94. The predicted octanol–water partition coefficient (Wildman–Crippen LogP) is 4.57. The third-order valence-corrected chi connectivity index (χ3v) is 5.59. The van der Waals surface area contributed by atoms with E-state index in [0.717, 1.165) is 18.5 Å². The van der Waals surface area contributed by atoms with Gasteiger partial charge in [-0.25, -0.2) is 0 Å². The molecule has 0 aromatic heterocycles. The van der Waals surface area contributed by atoms with Gasteiger partial charge < -0.3 is 14.8 Å². The van der Waals surface area contributed by atoms with Gasteiger partial charge in [0.05, 0.1) is 20.3 Å². The summed E-state index contributed by atoms with van der Waals surface area (Å²) in [6.07, 6.45) is 4.70. The second-order valence-electron chi connectivity index (χ2n) is 7.58. The molecule has 0 unspecified atom stereocenters. The molecule has 1 amide bonds. The molecule has 156 valence electrons. The number of likely N-dealkylation sites (tertiary alicyclic amines) is 1. The molecule has 1 atom stereocenters. The van der Waals surface area contributed by atoms with Crippen molar-refractivity contribution in [2.45, 2.75) is 45.2 Å². The molecule has 1 aliphatic heterocycles. The maximum atomic E-state index is 12.8. The number of amides is 1. The lowest BCUT2D eigenvalue weighted by Gasteiger charge is -2.26. The van der Waals surface area contributed by atoms with Crippen molar-refractivity contribution >= 4 is 5.91 Å². The fourth-order valence-corrected chi connectivity index (χ4v) is 3.87. The van der Waals surface area contributed by atoms with Crippen molar-refractivity contribution in [1.29, 1.82) is 0 Å². The molecule has 1 saturated heterocycles. The van der Waals surface area contributed by atoms with Gasteiger partial charge in [0.15, 0.2) is 11.5 Å². The van der Waals surface area contributed by atoms with Crippen molar-refractivity contribution in [3.05, 3.63) is 59.2 Å². The summed E-state index contributed by atoms with van der Waals surface area (Å²) in [6.45, 7) is 5.37. The molecule has 0 spiro atoms. The minimum absolute atomic E-state index is 0.0591. The standard InChI is InChI=1S/C24H32N2O3/c1-4-21(20-12-13-22(28-2)23(16-20)29-3)25-24(27)19-10-8-18(9-11-19)17-26-14-6-5-7-15-26/h8-13,16,21H,4-7,14-15,17H2,1-3H3,(H,25,27)/t21-/m1/s1. The van der Waals surface area contributed by atoms with Crippen LogP contribution < -0.4 is 14.8 Å². The molecule has 0 saturated carbocycles. The predicted molar refractivity (Wildman–Crippen MR) is 116 cm³/mol. The fourth-order valence-electron chi connectivity index (χ4n) is 3.87. The highest BCUT2D eigenvalue weighted by Gasteiger charge is 2.17. The lowest BCUT2D eigenvalue weighted by molar-refractivity contribution is 0.0935. The van der Waals surface area contributed by atoms with Crippen LogP contribution in [0.1, 0.15) is 60.1 Å². The van der Waals surface area contributed by atoms with Crippen molar-refractivity contribution in [2.24, 2.45) is 0 Å². The van der Waals surface area contributed by atoms with Crippen molar-refractivity contribution in [2.75, 3.05) is 27.3 Å². The van der Waals surface area contributed by atoms with Crippen LogP contribution in [0, 0.1) is 0 Å². The second kappa shape index (κ2) is 10.3. The van der Waals surface area contributed by atoms with Crippen LogP contribution in [0.5, 0.6) is 11.5 Å². The van der Waals surface area contributed by atoms with Crippen LogP contribution in [0.25, 0.3) is 0 Å². The Bertz CT molecular complexity index is 798. The second-order valence-corrected chi connectivity index (χ2v) is 7.58. The fraction of sp³-hybridized carbons (Fsp3) is 0.458. The third kappa shape index (κ3) is 5.51. The van der Waals surface area contributed by atoms with E-state index in [2.05, 4.69) is 29.3 Å². The van der Waals surface area contributed by atoms with E-state index in [4.69, 9.17) is 9.47 Å². The normalized spacial score (nSPS) is 15.6. The summed E-state index contributed by atoms with van der Waals surface area (Å²) in [5.41, 5.74) is 2.95. The number of hydrogen-bond acceptors (Lipinski definition) is 4. The zero-order valence-corrected chi connectivity index (χ0v) is 17.7. The summed E-state index contributed by atoms with van der Waals surface area (Å²) < 4.78 is 10.7. The van der Waals surface area contributed by atoms with Crippen LogP contribution in [0.4, 0.5) is 0 Å². The Morgan fingerprint density at radius 2 is 1.69 bits per heavy atom. The maximum absolute atomic E-state index is 12.8. The van der Waals surface area contributed by atoms with Gasteiger partial charge in [-0.1, -0.05) is 31.5 Å². The Morgan fingerprint density at radius 3 is 2.31 bits per heavy atom. The van der Waals surface area contributed by atoms with Crippen molar-refractivity contribution < 1.29 is 14.3 Å². The summed E-state index contributed by atoms with van der Waals surface area (Å²) in [5.74, 6) is 1.29. The van der Waals surface area contributed by atoms with E-state index in [9.17, 15) is 4.79 Å². The summed E-state index contributed by atoms with van der Waals surface area (Å²) in [4.78, 5) is 15.3. The monoisotopic (exact) mass is 396 g/mol. The van der Waals surface area contributed by atoms with E-state index in [-0.39, 0.29) is 11.9 Å². The summed E-state index contributed by atoms with van der Waals surface area (Å²) in [6, 6.07) is 13.7. The van der Waals surface area contributed by atoms with Gasteiger partial charge in [0.2, 0.25) is 0 Å². The SMILES string of the molecule is CC[C@@H](NC(=O)c1ccc(CN2CCCCC2)cc1)c1ccc(OC)c(OC)c1. The number of nitrogens with zero attached hydrogens (tertiary/aromatic N) is 1. The van der Waals surface area contributed by atoms with Gasteiger partial charge in [0.25, 0.3) is 5.91 Å². The minimum Gasteiger partial charge on any atom is -0.493 e. The lowest BCUT2D eigenvalue weighted by atomic mass is 10.0. The van der Waals surface area contributed by atoms with E-state index in [1.54, 1.807) is 14.2 Å². The Morgan fingerprint density at radius 1 is 1.00 bits per heavy atom. The summed E-state index contributed by atoms with van der Waals surface area (Å²) in [5, 5.41) is 3.14. The Hall–Kier alpha value is -2.53. The minimum atomic E-state index is -0.0877. The number of methoxy groups -OCH3 is 2. The first kappa shape index (κ1) is 21.2. The van der Waals surface area contributed by atoms with Gasteiger partial charge >= 0.3 is 0 Å². The van der Waals surface area contributed by atoms with Crippen molar-refractivity contribution in [1.82, 2.24) is 10.2 Å². The zero-order valence-electron chi connectivity index (χ0n) is 17.7. The summed E-state index contributed by atoms with van der Waals surface area (Å²) >= 11 is 0. The molecule has 1 heterocycles. The van der Waals surface area contributed by atoms with E-state index in [1.807, 2.05) is 30.3 Å². The van der Waals surface area contributed by atoms with Crippen LogP contribution in [0.15, 0.2) is 42.5 Å². The molecular formula is C24H32N2O3. The number of piperidine rings is 1. The Labute approximate surface area is 174 Å². The molecule has 3 rings (SSSR count). The molecule has 0 bridgehead atoms. The number of hydrogen-bond donors (Lipinski definition) is 1. The van der Waals surface area contributed by atoms with Crippen molar-refractivity contribution in [3.8, 4) is 11.5 Å². The molecule has 1 aliphatic rings. The first-order valence-corrected chi connectivity index (χ1v) is 10.5. The van der Waals surface area contributed by atoms with Gasteiger partial charge in [-0.15, -0.1) is 0 Å². The lowest BCUT2D eigenvalue weighted by Crippen LogP contribution is -2.29. The molecule has 29 heavy (non-hydrogen) atoms. The van der Waals surface area contributed by atoms with Gasteiger partial charge in [0, 0.05) is 12.1 Å². The van der Waals surface area contributed by atoms with Crippen LogP contribution in [-0.4, -0.2) is 38.1 Å².